The minimum atomic E-state index is -0.289. The Hall–Kier alpha value is -2.02. The molecule has 0 spiro atoms. The number of nitrogens with one attached hydrogen (secondary N) is 1. The van der Waals surface area contributed by atoms with Gasteiger partial charge in [0, 0.05) is 35.3 Å². The zero-order chi connectivity index (χ0) is 25.4. The monoisotopic (exact) mass is 508 g/mol. The van der Waals surface area contributed by atoms with Gasteiger partial charge in [0.15, 0.2) is 0 Å². The molecule has 2 rings (SSSR count). The molecule has 34 heavy (non-hydrogen) atoms. The van der Waals surface area contributed by atoms with Crippen molar-refractivity contribution in [1.29, 1.82) is 0 Å². The van der Waals surface area contributed by atoms with Gasteiger partial charge in [0.2, 0.25) is 5.91 Å². The summed E-state index contributed by atoms with van der Waals surface area (Å²) in [6, 6.07) is 3.58. The number of likely N-dealkylation sites (tertiary alicyclic amines) is 1. The van der Waals surface area contributed by atoms with Crippen molar-refractivity contribution in [2.75, 3.05) is 32.8 Å². The normalized spacial score (nSPS) is 17.2. The summed E-state index contributed by atoms with van der Waals surface area (Å²) in [6.45, 7) is 17.6. The summed E-state index contributed by atoms with van der Waals surface area (Å²) in [7, 11) is 0. The summed E-state index contributed by atoms with van der Waals surface area (Å²) < 4.78 is 6.04. The standard InChI is InChI=1S/C26H38Cl2N4O2/c1-7-30-26(33)17(3)16(2)25(19(5)31-20(6)29)18(4)21-14-24(23(28)15-22(21)27)34-13-12-32-10-8-9-11-32/h14-17H,6-13,29H2,1-5H3,(H,30,33)/b25-18+,31-19-. The van der Waals surface area contributed by atoms with Crippen LogP contribution in [0.2, 0.25) is 10.0 Å². The first-order chi connectivity index (χ1) is 16.1. The molecule has 1 aromatic carbocycles. The van der Waals surface area contributed by atoms with Crippen LogP contribution in [0.4, 0.5) is 0 Å². The molecule has 1 heterocycles. The van der Waals surface area contributed by atoms with Crippen LogP contribution >= 0.6 is 23.2 Å². The molecule has 2 unspecified atom stereocenters. The average Bonchev–Trinajstić information content (AvgIpc) is 3.27. The molecule has 0 radical (unpaired) electrons. The van der Waals surface area contributed by atoms with Crippen LogP contribution in [0.3, 0.4) is 0 Å². The van der Waals surface area contributed by atoms with Crippen LogP contribution in [-0.4, -0.2) is 49.3 Å². The second-order valence-electron chi connectivity index (χ2n) is 8.86. The van der Waals surface area contributed by atoms with Crippen molar-refractivity contribution < 1.29 is 9.53 Å². The number of nitrogens with zero attached hydrogens (tertiary/aromatic N) is 2. The van der Waals surface area contributed by atoms with Crippen molar-refractivity contribution >= 4 is 40.4 Å². The van der Waals surface area contributed by atoms with E-state index in [4.69, 9.17) is 33.7 Å². The van der Waals surface area contributed by atoms with Crippen molar-refractivity contribution in [1.82, 2.24) is 10.2 Å². The number of hydrogen-bond acceptors (Lipinski definition) is 5. The highest BCUT2D eigenvalue weighted by Gasteiger charge is 2.27. The van der Waals surface area contributed by atoms with Crippen LogP contribution in [0.25, 0.3) is 5.57 Å². The largest absolute Gasteiger partial charge is 0.491 e. The van der Waals surface area contributed by atoms with Crippen molar-refractivity contribution in [3.63, 3.8) is 0 Å². The summed E-state index contributed by atoms with van der Waals surface area (Å²) in [5.41, 5.74) is 9.03. The lowest BCUT2D eigenvalue weighted by Gasteiger charge is -2.25. The first kappa shape index (κ1) is 28.2. The molecular weight excluding hydrogens is 471 g/mol. The SMILES string of the molecule is C=C(N)/N=C(C)\C(=C(/C)c1cc(OCCN2CCCC2)c(Cl)cc1Cl)C(C)C(C)C(=O)NCC. The van der Waals surface area contributed by atoms with E-state index in [0.29, 0.717) is 34.7 Å². The Morgan fingerprint density at radius 3 is 2.44 bits per heavy atom. The van der Waals surface area contributed by atoms with Crippen molar-refractivity contribution in [2.24, 2.45) is 22.6 Å². The molecule has 1 aliphatic rings. The van der Waals surface area contributed by atoms with Gasteiger partial charge in [0.25, 0.3) is 0 Å². The van der Waals surface area contributed by atoms with Crippen LogP contribution in [0, 0.1) is 11.8 Å². The Morgan fingerprint density at radius 1 is 1.21 bits per heavy atom. The number of carbonyl (C=O) groups is 1. The van der Waals surface area contributed by atoms with E-state index in [0.717, 1.165) is 36.3 Å². The van der Waals surface area contributed by atoms with Gasteiger partial charge in [-0.15, -0.1) is 0 Å². The summed E-state index contributed by atoms with van der Waals surface area (Å²) in [5.74, 6) is 0.326. The molecule has 1 saturated heterocycles. The van der Waals surface area contributed by atoms with E-state index < -0.39 is 0 Å². The molecule has 0 saturated carbocycles. The second-order valence-corrected chi connectivity index (χ2v) is 9.67. The summed E-state index contributed by atoms with van der Waals surface area (Å²) in [5, 5.41) is 3.87. The van der Waals surface area contributed by atoms with Crippen LogP contribution in [0.1, 0.15) is 53.0 Å². The molecule has 0 bridgehead atoms. The molecule has 1 amide bonds. The molecule has 2 atom stereocenters. The average molecular weight is 510 g/mol. The van der Waals surface area contributed by atoms with E-state index in [9.17, 15) is 4.79 Å². The highest BCUT2D eigenvalue weighted by Crippen LogP contribution is 2.38. The number of carbonyl (C=O) groups excluding carboxylic acids is 1. The van der Waals surface area contributed by atoms with Gasteiger partial charge in [-0.25, -0.2) is 4.99 Å². The molecule has 0 aliphatic carbocycles. The third kappa shape index (κ3) is 7.49. The second kappa shape index (κ2) is 13.2. The van der Waals surface area contributed by atoms with Gasteiger partial charge in [-0.05, 0) is 75.9 Å². The number of benzene rings is 1. The summed E-state index contributed by atoms with van der Waals surface area (Å²) >= 11 is 13.1. The van der Waals surface area contributed by atoms with Gasteiger partial charge in [0.05, 0.1) is 5.02 Å². The van der Waals surface area contributed by atoms with Crippen molar-refractivity contribution in [3.05, 3.63) is 45.7 Å². The minimum absolute atomic E-state index is 0.0205. The van der Waals surface area contributed by atoms with Gasteiger partial charge < -0.3 is 15.8 Å². The van der Waals surface area contributed by atoms with Gasteiger partial charge >= 0.3 is 0 Å². The molecule has 1 fully saturated rings. The number of halogens is 2. The lowest BCUT2D eigenvalue weighted by molar-refractivity contribution is -0.125. The molecule has 3 N–H and O–H groups in total. The molecule has 6 nitrogen and oxygen atoms in total. The Morgan fingerprint density at radius 2 is 1.85 bits per heavy atom. The number of aliphatic imine (C=N–C) groups is 1. The van der Waals surface area contributed by atoms with Gasteiger partial charge in [-0.1, -0.05) is 43.6 Å². The Balaban J connectivity index is 2.45. The van der Waals surface area contributed by atoms with Crippen LogP contribution in [0.15, 0.2) is 35.1 Å². The molecule has 0 aromatic heterocycles. The number of rotatable bonds is 11. The maximum absolute atomic E-state index is 12.6. The fraction of sp³-hybridized carbons (Fsp3) is 0.538. The van der Waals surface area contributed by atoms with E-state index in [1.54, 1.807) is 6.07 Å². The van der Waals surface area contributed by atoms with Crippen LogP contribution in [-0.2, 0) is 4.79 Å². The van der Waals surface area contributed by atoms with Gasteiger partial charge in [-0.2, -0.15) is 0 Å². The third-order valence-corrected chi connectivity index (χ3v) is 6.97. The number of allylic oxidation sites excluding steroid dienone is 2. The molecular formula is C26H38Cl2N4O2. The zero-order valence-corrected chi connectivity index (χ0v) is 22.5. The van der Waals surface area contributed by atoms with E-state index in [1.165, 1.54) is 12.8 Å². The summed E-state index contributed by atoms with van der Waals surface area (Å²) in [6.07, 6.45) is 2.48. The third-order valence-electron chi connectivity index (χ3n) is 6.36. The van der Waals surface area contributed by atoms with E-state index in [1.807, 2.05) is 40.7 Å². The predicted octanol–water partition coefficient (Wildman–Crippen LogP) is 5.54. The fourth-order valence-electron chi connectivity index (χ4n) is 4.39. The zero-order valence-electron chi connectivity index (χ0n) is 21.0. The highest BCUT2D eigenvalue weighted by atomic mass is 35.5. The topological polar surface area (TPSA) is 80.0 Å². The molecule has 1 aliphatic heterocycles. The van der Waals surface area contributed by atoms with E-state index >= 15 is 0 Å². The maximum atomic E-state index is 12.6. The Bertz CT molecular complexity index is 952. The maximum Gasteiger partial charge on any atom is 0.223 e. The molecule has 8 heteroatoms. The van der Waals surface area contributed by atoms with E-state index in [2.05, 4.69) is 21.8 Å². The Labute approximate surface area is 214 Å². The minimum Gasteiger partial charge on any atom is -0.491 e. The van der Waals surface area contributed by atoms with Crippen LogP contribution < -0.4 is 15.8 Å². The van der Waals surface area contributed by atoms with Crippen molar-refractivity contribution in [3.8, 4) is 5.75 Å². The molecule has 188 valence electrons. The van der Waals surface area contributed by atoms with Gasteiger partial charge in [0.1, 0.15) is 18.2 Å². The quantitative estimate of drug-likeness (QED) is 0.384. The highest BCUT2D eigenvalue weighted by molar-refractivity contribution is 6.36. The fourth-order valence-corrected chi connectivity index (χ4v) is 4.97. The first-order valence-electron chi connectivity index (χ1n) is 11.9. The smallest absolute Gasteiger partial charge is 0.223 e. The van der Waals surface area contributed by atoms with Crippen LogP contribution in [0.5, 0.6) is 5.75 Å². The lowest BCUT2D eigenvalue weighted by atomic mass is 9.81. The first-order valence-corrected chi connectivity index (χ1v) is 12.6. The molecule has 1 aromatic rings. The number of hydrogen-bond donors (Lipinski definition) is 2. The van der Waals surface area contributed by atoms with Gasteiger partial charge in [-0.3, -0.25) is 9.69 Å². The lowest BCUT2D eigenvalue weighted by Crippen LogP contribution is -2.34. The van der Waals surface area contributed by atoms with Crippen molar-refractivity contribution in [2.45, 2.75) is 47.5 Å². The number of amides is 1. The Kier molecular flexibility index (Phi) is 10.9. The summed E-state index contributed by atoms with van der Waals surface area (Å²) in [4.78, 5) is 19.4. The van der Waals surface area contributed by atoms with E-state index in [-0.39, 0.29) is 23.6 Å². The number of ether oxygens (including phenoxy) is 1. The predicted molar refractivity (Wildman–Crippen MR) is 144 cm³/mol. The number of nitrogens with two attached hydrogens (primary N) is 1.